The molecule has 128 valence electrons. The normalized spacial score (nSPS) is 23.2. The molecule has 2 aliphatic rings. The van der Waals surface area contributed by atoms with Crippen LogP contribution in [0.5, 0.6) is 0 Å². The standard InChI is InChI=1S/C17H28N4O2/c1-13-18-17(21(19-13)15-8-4-3-5-9-15)14-7-6-10-20(11-14)16(22)12-23-2/h14-15H,3-12H2,1-2H3. The van der Waals surface area contributed by atoms with Gasteiger partial charge in [0.25, 0.3) is 0 Å². The molecule has 0 radical (unpaired) electrons. The average Bonchev–Trinajstić information content (AvgIpc) is 2.98. The van der Waals surface area contributed by atoms with Crippen LogP contribution in [0, 0.1) is 6.92 Å². The van der Waals surface area contributed by atoms with Gasteiger partial charge in [-0.1, -0.05) is 19.3 Å². The molecule has 1 saturated heterocycles. The minimum absolute atomic E-state index is 0.0812. The molecule has 1 aliphatic carbocycles. The maximum absolute atomic E-state index is 12.1. The maximum Gasteiger partial charge on any atom is 0.248 e. The van der Waals surface area contributed by atoms with Gasteiger partial charge in [0, 0.05) is 26.1 Å². The topological polar surface area (TPSA) is 60.2 Å². The summed E-state index contributed by atoms with van der Waals surface area (Å²) in [4.78, 5) is 18.8. The van der Waals surface area contributed by atoms with E-state index in [1.807, 2.05) is 11.8 Å². The van der Waals surface area contributed by atoms with Crippen molar-refractivity contribution in [2.45, 2.75) is 63.8 Å². The molecule has 6 nitrogen and oxygen atoms in total. The van der Waals surface area contributed by atoms with Crippen LogP contribution in [0.25, 0.3) is 0 Å². The van der Waals surface area contributed by atoms with Gasteiger partial charge in [0.2, 0.25) is 5.91 Å². The number of amides is 1. The van der Waals surface area contributed by atoms with E-state index in [4.69, 9.17) is 14.8 Å². The second-order valence-corrected chi connectivity index (χ2v) is 6.87. The highest BCUT2D eigenvalue weighted by Crippen LogP contribution is 2.33. The molecule has 2 heterocycles. The third kappa shape index (κ3) is 3.74. The number of ether oxygens (including phenoxy) is 1. The minimum atomic E-state index is 0.0812. The number of hydrogen-bond donors (Lipinski definition) is 0. The van der Waals surface area contributed by atoms with Gasteiger partial charge in [-0.25, -0.2) is 9.67 Å². The number of nitrogens with zero attached hydrogens (tertiary/aromatic N) is 4. The van der Waals surface area contributed by atoms with Crippen LogP contribution in [0.15, 0.2) is 0 Å². The molecule has 1 saturated carbocycles. The van der Waals surface area contributed by atoms with Crippen LogP contribution in [-0.2, 0) is 9.53 Å². The lowest BCUT2D eigenvalue weighted by Gasteiger charge is -2.33. The summed E-state index contributed by atoms with van der Waals surface area (Å²) in [6, 6.07) is 0.491. The van der Waals surface area contributed by atoms with Crippen molar-refractivity contribution < 1.29 is 9.53 Å². The van der Waals surface area contributed by atoms with Crippen molar-refractivity contribution in [3.63, 3.8) is 0 Å². The predicted molar refractivity (Wildman–Crippen MR) is 87.3 cm³/mol. The van der Waals surface area contributed by atoms with Crippen molar-refractivity contribution in [1.29, 1.82) is 0 Å². The van der Waals surface area contributed by atoms with Gasteiger partial charge < -0.3 is 9.64 Å². The van der Waals surface area contributed by atoms with Crippen molar-refractivity contribution >= 4 is 5.91 Å². The third-order valence-electron chi connectivity index (χ3n) is 5.09. The summed E-state index contributed by atoms with van der Waals surface area (Å²) < 4.78 is 7.18. The highest BCUT2D eigenvalue weighted by Gasteiger charge is 2.30. The fraction of sp³-hybridized carbons (Fsp3) is 0.824. The molecule has 6 heteroatoms. The van der Waals surface area contributed by atoms with Crippen LogP contribution < -0.4 is 0 Å². The maximum atomic E-state index is 12.1. The Morgan fingerprint density at radius 3 is 2.74 bits per heavy atom. The van der Waals surface area contributed by atoms with Gasteiger partial charge in [0.1, 0.15) is 18.3 Å². The summed E-state index contributed by atoms with van der Waals surface area (Å²) in [6.07, 6.45) is 8.42. The molecule has 1 aromatic rings. The van der Waals surface area contributed by atoms with Gasteiger partial charge in [0.15, 0.2) is 0 Å². The summed E-state index contributed by atoms with van der Waals surface area (Å²) in [5.41, 5.74) is 0. The molecule has 0 spiro atoms. The largest absolute Gasteiger partial charge is 0.375 e. The summed E-state index contributed by atoms with van der Waals surface area (Å²) in [5.74, 6) is 2.32. The van der Waals surface area contributed by atoms with E-state index in [-0.39, 0.29) is 12.5 Å². The number of likely N-dealkylation sites (tertiary alicyclic amines) is 1. The zero-order chi connectivity index (χ0) is 16.2. The van der Waals surface area contributed by atoms with Crippen LogP contribution in [-0.4, -0.2) is 52.4 Å². The number of rotatable bonds is 4. The fourth-order valence-electron chi connectivity index (χ4n) is 3.95. The van der Waals surface area contributed by atoms with Crippen molar-refractivity contribution in [3.8, 4) is 0 Å². The van der Waals surface area contributed by atoms with E-state index in [2.05, 4.69) is 4.68 Å². The summed E-state index contributed by atoms with van der Waals surface area (Å²) in [6.45, 7) is 3.71. The molecule has 0 N–H and O–H groups in total. The predicted octanol–water partition coefficient (Wildman–Crippen LogP) is 2.44. The lowest BCUT2D eigenvalue weighted by molar-refractivity contribution is -0.136. The van der Waals surface area contributed by atoms with E-state index in [1.54, 1.807) is 7.11 Å². The second-order valence-electron chi connectivity index (χ2n) is 6.87. The Balaban J connectivity index is 1.76. The van der Waals surface area contributed by atoms with Gasteiger partial charge in [-0.15, -0.1) is 0 Å². The Labute approximate surface area is 138 Å². The van der Waals surface area contributed by atoms with E-state index in [9.17, 15) is 4.79 Å². The average molecular weight is 320 g/mol. The Bertz CT molecular complexity index is 537. The summed E-state index contributed by atoms with van der Waals surface area (Å²) in [5, 5.41) is 4.69. The van der Waals surface area contributed by atoms with Crippen molar-refractivity contribution in [1.82, 2.24) is 19.7 Å². The number of methoxy groups -OCH3 is 1. The monoisotopic (exact) mass is 320 g/mol. The third-order valence-corrected chi connectivity index (χ3v) is 5.09. The Kier molecular flexibility index (Phi) is 5.30. The molecule has 1 unspecified atom stereocenters. The first-order valence-electron chi connectivity index (χ1n) is 8.88. The lowest BCUT2D eigenvalue weighted by atomic mass is 9.93. The SMILES string of the molecule is COCC(=O)N1CCCC(c2nc(C)nn2C2CCCCC2)C1. The molecule has 2 fully saturated rings. The molecule has 1 aliphatic heterocycles. The van der Waals surface area contributed by atoms with E-state index in [1.165, 1.54) is 32.1 Å². The molecule has 23 heavy (non-hydrogen) atoms. The van der Waals surface area contributed by atoms with E-state index >= 15 is 0 Å². The van der Waals surface area contributed by atoms with Crippen molar-refractivity contribution in [3.05, 3.63) is 11.6 Å². The fourth-order valence-corrected chi connectivity index (χ4v) is 3.95. The first kappa shape index (κ1) is 16.4. The lowest BCUT2D eigenvalue weighted by Crippen LogP contribution is -2.41. The number of hydrogen-bond acceptors (Lipinski definition) is 4. The summed E-state index contributed by atoms with van der Waals surface area (Å²) >= 11 is 0. The molecule has 1 amide bonds. The zero-order valence-corrected chi connectivity index (χ0v) is 14.3. The van der Waals surface area contributed by atoms with Crippen molar-refractivity contribution in [2.75, 3.05) is 26.8 Å². The van der Waals surface area contributed by atoms with Gasteiger partial charge >= 0.3 is 0 Å². The van der Waals surface area contributed by atoms with Crippen LogP contribution >= 0.6 is 0 Å². The second kappa shape index (κ2) is 7.43. The molecule has 3 rings (SSSR count). The Hall–Kier alpha value is -1.43. The Morgan fingerprint density at radius 2 is 2.00 bits per heavy atom. The van der Waals surface area contributed by atoms with Crippen LogP contribution in [0.2, 0.25) is 0 Å². The molecule has 1 aromatic heterocycles. The minimum Gasteiger partial charge on any atom is -0.375 e. The van der Waals surface area contributed by atoms with Crippen LogP contribution in [0.1, 0.15) is 68.6 Å². The zero-order valence-electron chi connectivity index (χ0n) is 14.3. The van der Waals surface area contributed by atoms with Gasteiger partial charge in [-0.2, -0.15) is 5.10 Å². The van der Waals surface area contributed by atoms with E-state index in [0.29, 0.717) is 12.0 Å². The van der Waals surface area contributed by atoms with E-state index in [0.717, 1.165) is 37.6 Å². The molecule has 0 bridgehead atoms. The Morgan fingerprint density at radius 1 is 1.22 bits per heavy atom. The molecular weight excluding hydrogens is 292 g/mol. The summed E-state index contributed by atoms with van der Waals surface area (Å²) in [7, 11) is 1.57. The quantitative estimate of drug-likeness (QED) is 0.855. The molecule has 0 aromatic carbocycles. The first-order valence-corrected chi connectivity index (χ1v) is 8.88. The van der Waals surface area contributed by atoms with Gasteiger partial charge in [0.05, 0.1) is 6.04 Å². The molecule has 1 atom stereocenters. The van der Waals surface area contributed by atoms with E-state index < -0.39 is 0 Å². The number of carbonyl (C=O) groups is 1. The van der Waals surface area contributed by atoms with Gasteiger partial charge in [-0.3, -0.25) is 4.79 Å². The highest BCUT2D eigenvalue weighted by atomic mass is 16.5. The smallest absolute Gasteiger partial charge is 0.248 e. The van der Waals surface area contributed by atoms with Crippen LogP contribution in [0.3, 0.4) is 0 Å². The number of aromatic nitrogens is 3. The highest BCUT2D eigenvalue weighted by molar-refractivity contribution is 5.77. The van der Waals surface area contributed by atoms with Crippen LogP contribution in [0.4, 0.5) is 0 Å². The number of carbonyl (C=O) groups excluding carboxylic acids is 1. The van der Waals surface area contributed by atoms with Crippen molar-refractivity contribution in [2.24, 2.45) is 0 Å². The number of aryl methyl sites for hydroxylation is 1. The number of piperidine rings is 1. The first-order chi connectivity index (χ1) is 11.2. The molecular formula is C17H28N4O2. The van der Waals surface area contributed by atoms with Gasteiger partial charge in [-0.05, 0) is 32.6 Å².